The number of nitrogens with zero attached hydrogens (tertiary/aromatic N) is 1. The fourth-order valence-electron chi connectivity index (χ4n) is 2.15. The van der Waals surface area contributed by atoms with Crippen LogP contribution in [-0.4, -0.2) is 21.8 Å². The van der Waals surface area contributed by atoms with E-state index in [0.717, 1.165) is 18.2 Å². The molecule has 1 aromatic heterocycles. The molecule has 1 aromatic rings. The number of nitrogens with one attached hydrogen (secondary N) is 1. The quantitative estimate of drug-likeness (QED) is 0.866. The van der Waals surface area contributed by atoms with Crippen LogP contribution in [0.15, 0.2) is 24.5 Å². The van der Waals surface area contributed by atoms with Gasteiger partial charge in [-0.05, 0) is 25.0 Å². The minimum absolute atomic E-state index is 0.0190. The normalized spacial score (nSPS) is 18.3. The number of hydrogen-bond acceptors (Lipinski definition) is 2. The predicted octanol–water partition coefficient (Wildman–Crippen LogP) is 2.52. The summed E-state index contributed by atoms with van der Waals surface area (Å²) in [5.74, 6) is -0.0190. The Balaban J connectivity index is 2.07. The molecule has 1 fully saturated rings. The third kappa shape index (κ3) is 2.43. The standard InChI is InChI=1S/C12H15BrN2O/c13-9-12(5-1-2-6-12)15-11(16)10-4-3-7-14-8-10/h3-4,7-8H,1-2,5-6,9H2,(H,15,16). The van der Waals surface area contributed by atoms with Gasteiger partial charge < -0.3 is 5.32 Å². The van der Waals surface area contributed by atoms with Crippen LogP contribution in [0, 0.1) is 0 Å². The average molecular weight is 283 g/mol. The van der Waals surface area contributed by atoms with Crippen LogP contribution >= 0.6 is 15.9 Å². The summed E-state index contributed by atoms with van der Waals surface area (Å²) in [4.78, 5) is 15.9. The lowest BCUT2D eigenvalue weighted by Crippen LogP contribution is -2.47. The van der Waals surface area contributed by atoms with E-state index in [1.807, 2.05) is 0 Å². The lowest BCUT2D eigenvalue weighted by Gasteiger charge is -2.28. The Morgan fingerprint density at radius 2 is 2.25 bits per heavy atom. The molecule has 1 N–H and O–H groups in total. The van der Waals surface area contributed by atoms with Crippen molar-refractivity contribution in [1.82, 2.24) is 10.3 Å². The van der Waals surface area contributed by atoms with Gasteiger partial charge in [-0.2, -0.15) is 0 Å². The number of halogens is 1. The van der Waals surface area contributed by atoms with Gasteiger partial charge >= 0.3 is 0 Å². The van der Waals surface area contributed by atoms with E-state index >= 15 is 0 Å². The molecule has 0 atom stereocenters. The second-order valence-corrected chi connectivity index (χ2v) is 4.88. The van der Waals surface area contributed by atoms with Crippen LogP contribution in [0.2, 0.25) is 0 Å². The first-order valence-corrected chi connectivity index (χ1v) is 6.66. The van der Waals surface area contributed by atoms with Crippen molar-refractivity contribution in [2.24, 2.45) is 0 Å². The van der Waals surface area contributed by atoms with Crippen LogP contribution in [0.3, 0.4) is 0 Å². The summed E-state index contributed by atoms with van der Waals surface area (Å²) in [6.45, 7) is 0. The molecule has 3 nitrogen and oxygen atoms in total. The van der Waals surface area contributed by atoms with E-state index in [4.69, 9.17) is 0 Å². The highest BCUT2D eigenvalue weighted by Crippen LogP contribution is 2.31. The summed E-state index contributed by atoms with van der Waals surface area (Å²) in [5, 5.41) is 3.96. The number of hydrogen-bond donors (Lipinski definition) is 1. The van der Waals surface area contributed by atoms with Crippen molar-refractivity contribution in [1.29, 1.82) is 0 Å². The molecule has 4 heteroatoms. The first-order valence-electron chi connectivity index (χ1n) is 5.54. The number of alkyl halides is 1. The molecule has 16 heavy (non-hydrogen) atoms. The number of aromatic nitrogens is 1. The molecule has 0 aliphatic heterocycles. The van der Waals surface area contributed by atoms with Crippen molar-refractivity contribution in [2.45, 2.75) is 31.2 Å². The van der Waals surface area contributed by atoms with Gasteiger partial charge in [0.2, 0.25) is 0 Å². The number of carbonyl (C=O) groups excluding carboxylic acids is 1. The van der Waals surface area contributed by atoms with Gasteiger partial charge in [0.15, 0.2) is 0 Å². The van der Waals surface area contributed by atoms with Crippen molar-refractivity contribution in [2.75, 3.05) is 5.33 Å². The van der Waals surface area contributed by atoms with Gasteiger partial charge in [-0.25, -0.2) is 0 Å². The molecule has 86 valence electrons. The summed E-state index contributed by atoms with van der Waals surface area (Å²) >= 11 is 3.50. The maximum atomic E-state index is 12.0. The third-order valence-corrected chi connectivity index (χ3v) is 4.19. The Bertz CT molecular complexity index is 361. The summed E-state index contributed by atoms with van der Waals surface area (Å²) in [7, 11) is 0. The van der Waals surface area contributed by atoms with Gasteiger partial charge in [0.1, 0.15) is 0 Å². The summed E-state index contributed by atoms with van der Waals surface area (Å²) in [6, 6.07) is 3.57. The van der Waals surface area contributed by atoms with E-state index in [1.54, 1.807) is 24.5 Å². The highest BCUT2D eigenvalue weighted by molar-refractivity contribution is 9.09. The topological polar surface area (TPSA) is 42.0 Å². The van der Waals surface area contributed by atoms with Gasteiger partial charge in [0.25, 0.3) is 5.91 Å². The molecule has 1 amide bonds. The zero-order valence-corrected chi connectivity index (χ0v) is 10.7. The van der Waals surface area contributed by atoms with E-state index in [2.05, 4.69) is 26.2 Å². The Kier molecular flexibility index (Phi) is 3.59. The fourth-order valence-corrected chi connectivity index (χ4v) is 2.85. The van der Waals surface area contributed by atoms with Crippen molar-refractivity contribution in [3.05, 3.63) is 30.1 Å². The second-order valence-electron chi connectivity index (χ2n) is 4.32. The smallest absolute Gasteiger partial charge is 0.253 e. The Morgan fingerprint density at radius 3 is 2.81 bits per heavy atom. The molecule has 2 rings (SSSR count). The molecule has 1 aliphatic rings. The van der Waals surface area contributed by atoms with E-state index < -0.39 is 0 Å². The molecule has 1 saturated carbocycles. The molecule has 0 aromatic carbocycles. The Labute approximate surface area is 104 Å². The van der Waals surface area contributed by atoms with Gasteiger partial charge in [0.05, 0.1) is 11.1 Å². The number of carbonyl (C=O) groups is 1. The maximum Gasteiger partial charge on any atom is 0.253 e. The molecule has 1 heterocycles. The molecule has 1 aliphatic carbocycles. The Morgan fingerprint density at radius 1 is 1.50 bits per heavy atom. The van der Waals surface area contributed by atoms with E-state index in [9.17, 15) is 4.79 Å². The summed E-state index contributed by atoms with van der Waals surface area (Å²) < 4.78 is 0. The largest absolute Gasteiger partial charge is 0.346 e. The van der Waals surface area contributed by atoms with Crippen molar-refractivity contribution in [3.63, 3.8) is 0 Å². The van der Waals surface area contributed by atoms with Gasteiger partial charge in [-0.15, -0.1) is 0 Å². The van der Waals surface area contributed by atoms with Crippen molar-refractivity contribution >= 4 is 21.8 Å². The lowest BCUT2D eigenvalue weighted by molar-refractivity contribution is 0.0910. The zero-order chi connectivity index (χ0) is 11.4. The first kappa shape index (κ1) is 11.6. The van der Waals surface area contributed by atoms with Crippen LogP contribution in [0.25, 0.3) is 0 Å². The number of amides is 1. The first-order chi connectivity index (χ1) is 7.76. The molecule has 0 saturated heterocycles. The molecule has 0 spiro atoms. The van der Waals surface area contributed by atoms with Gasteiger partial charge in [-0.1, -0.05) is 28.8 Å². The second kappa shape index (κ2) is 4.95. The number of pyridine rings is 1. The highest BCUT2D eigenvalue weighted by Gasteiger charge is 2.34. The Hall–Kier alpha value is -0.900. The predicted molar refractivity (Wildman–Crippen MR) is 66.7 cm³/mol. The van der Waals surface area contributed by atoms with E-state index in [-0.39, 0.29) is 11.4 Å². The van der Waals surface area contributed by atoms with Crippen molar-refractivity contribution < 1.29 is 4.79 Å². The van der Waals surface area contributed by atoms with Crippen LogP contribution < -0.4 is 5.32 Å². The van der Waals surface area contributed by atoms with Gasteiger partial charge in [-0.3, -0.25) is 9.78 Å². The minimum atomic E-state index is -0.0487. The fraction of sp³-hybridized carbons (Fsp3) is 0.500. The van der Waals surface area contributed by atoms with E-state index in [1.165, 1.54) is 12.8 Å². The van der Waals surface area contributed by atoms with E-state index in [0.29, 0.717) is 5.56 Å². The molecule has 0 bridgehead atoms. The SMILES string of the molecule is O=C(NC1(CBr)CCCC1)c1cccnc1. The van der Waals surface area contributed by atoms with Crippen LogP contribution in [0.5, 0.6) is 0 Å². The number of rotatable bonds is 3. The van der Waals surface area contributed by atoms with Crippen LogP contribution in [0.1, 0.15) is 36.0 Å². The molecule has 0 unspecified atom stereocenters. The lowest BCUT2D eigenvalue weighted by atomic mass is 10.00. The molecular formula is C12H15BrN2O. The molecule has 0 radical (unpaired) electrons. The van der Waals surface area contributed by atoms with Crippen LogP contribution in [-0.2, 0) is 0 Å². The highest BCUT2D eigenvalue weighted by atomic mass is 79.9. The van der Waals surface area contributed by atoms with Gasteiger partial charge in [0, 0.05) is 17.7 Å². The summed E-state index contributed by atoms with van der Waals surface area (Å²) in [5.41, 5.74) is 0.585. The maximum absolute atomic E-state index is 12.0. The monoisotopic (exact) mass is 282 g/mol. The summed E-state index contributed by atoms with van der Waals surface area (Å²) in [6.07, 6.45) is 7.78. The van der Waals surface area contributed by atoms with Crippen LogP contribution in [0.4, 0.5) is 0 Å². The minimum Gasteiger partial charge on any atom is -0.346 e. The zero-order valence-electron chi connectivity index (χ0n) is 9.08. The third-order valence-electron chi connectivity index (χ3n) is 3.12. The average Bonchev–Trinajstić information content (AvgIpc) is 2.79. The van der Waals surface area contributed by atoms with Crippen molar-refractivity contribution in [3.8, 4) is 0 Å². The molecular weight excluding hydrogens is 268 g/mol.